The fourth-order valence-electron chi connectivity index (χ4n) is 1.46. The molecule has 92 valence electrons. The number of aromatic nitrogens is 2. The smallest absolute Gasteiger partial charge is 0.228 e. The third-order valence-electron chi connectivity index (χ3n) is 2.70. The molecule has 0 amide bonds. The highest BCUT2D eigenvalue weighted by atomic mass is 16.5. The van der Waals surface area contributed by atoms with Crippen LogP contribution in [-0.2, 0) is 17.6 Å². The van der Waals surface area contributed by atoms with Crippen LogP contribution in [0.25, 0.3) is 0 Å². The molecule has 5 heteroatoms. The average Bonchev–Trinajstić information content (AvgIpc) is 2.73. The van der Waals surface area contributed by atoms with Gasteiger partial charge < -0.3 is 14.6 Å². The summed E-state index contributed by atoms with van der Waals surface area (Å²) in [5, 5.41) is 7.14. The third kappa shape index (κ3) is 3.90. The van der Waals surface area contributed by atoms with Crippen molar-refractivity contribution in [2.75, 3.05) is 14.2 Å². The molecule has 1 aromatic rings. The SMILES string of the molecule is CCC(Cc1nc(CC(C)OC)no1)NC. The fraction of sp³-hybridized carbons (Fsp3) is 0.818. The maximum Gasteiger partial charge on any atom is 0.228 e. The number of hydrogen-bond donors (Lipinski definition) is 1. The molecular weight excluding hydrogens is 206 g/mol. The van der Waals surface area contributed by atoms with Crippen molar-refractivity contribution in [2.24, 2.45) is 0 Å². The molecule has 0 aliphatic rings. The largest absolute Gasteiger partial charge is 0.381 e. The Kier molecular flexibility index (Phi) is 5.42. The standard InChI is InChI=1S/C11H21N3O2/c1-5-9(12-3)7-11-13-10(14-16-11)6-8(2)15-4/h8-9,12H,5-7H2,1-4H3. The molecule has 16 heavy (non-hydrogen) atoms. The topological polar surface area (TPSA) is 60.2 Å². The summed E-state index contributed by atoms with van der Waals surface area (Å²) < 4.78 is 10.3. The van der Waals surface area contributed by atoms with Gasteiger partial charge in [-0.2, -0.15) is 4.98 Å². The third-order valence-corrected chi connectivity index (χ3v) is 2.70. The molecule has 0 saturated heterocycles. The number of hydrogen-bond acceptors (Lipinski definition) is 5. The van der Waals surface area contributed by atoms with Gasteiger partial charge in [-0.3, -0.25) is 0 Å². The van der Waals surface area contributed by atoms with Crippen LogP contribution in [-0.4, -0.2) is 36.4 Å². The predicted molar refractivity (Wildman–Crippen MR) is 61.3 cm³/mol. The van der Waals surface area contributed by atoms with Gasteiger partial charge in [0.05, 0.1) is 6.10 Å². The van der Waals surface area contributed by atoms with Gasteiger partial charge in [-0.05, 0) is 20.4 Å². The van der Waals surface area contributed by atoms with Gasteiger partial charge in [0.2, 0.25) is 5.89 Å². The van der Waals surface area contributed by atoms with E-state index in [1.54, 1.807) is 7.11 Å². The summed E-state index contributed by atoms with van der Waals surface area (Å²) >= 11 is 0. The maximum absolute atomic E-state index is 5.19. The Bertz CT molecular complexity index is 297. The Labute approximate surface area is 96.6 Å². The molecule has 0 aliphatic carbocycles. The van der Waals surface area contributed by atoms with E-state index in [1.807, 2.05) is 14.0 Å². The monoisotopic (exact) mass is 227 g/mol. The summed E-state index contributed by atoms with van der Waals surface area (Å²) in [6, 6.07) is 0.396. The normalized spacial score (nSPS) is 15.0. The minimum absolute atomic E-state index is 0.122. The van der Waals surface area contributed by atoms with Crippen LogP contribution in [0, 0.1) is 0 Å². The van der Waals surface area contributed by atoms with E-state index in [0.29, 0.717) is 18.4 Å². The molecule has 1 rings (SSSR count). The van der Waals surface area contributed by atoms with Crippen LogP contribution in [0.15, 0.2) is 4.52 Å². The first-order valence-corrected chi connectivity index (χ1v) is 5.71. The molecule has 1 N–H and O–H groups in total. The number of likely N-dealkylation sites (N-methyl/N-ethyl adjacent to an activating group) is 1. The molecule has 0 fully saturated rings. The second kappa shape index (κ2) is 6.60. The van der Waals surface area contributed by atoms with E-state index in [9.17, 15) is 0 Å². The Balaban J connectivity index is 2.50. The number of ether oxygens (including phenoxy) is 1. The quantitative estimate of drug-likeness (QED) is 0.758. The lowest BCUT2D eigenvalue weighted by molar-refractivity contribution is 0.116. The zero-order valence-electron chi connectivity index (χ0n) is 10.5. The van der Waals surface area contributed by atoms with Crippen molar-refractivity contribution in [1.82, 2.24) is 15.5 Å². The highest BCUT2D eigenvalue weighted by Crippen LogP contribution is 2.06. The molecular formula is C11H21N3O2. The van der Waals surface area contributed by atoms with Crippen LogP contribution >= 0.6 is 0 Å². The van der Waals surface area contributed by atoms with Crippen LogP contribution in [0.1, 0.15) is 32.0 Å². The predicted octanol–water partition coefficient (Wildman–Crippen LogP) is 1.19. The van der Waals surface area contributed by atoms with Crippen molar-refractivity contribution in [3.63, 3.8) is 0 Å². The maximum atomic E-state index is 5.19. The van der Waals surface area contributed by atoms with Crippen molar-refractivity contribution in [3.05, 3.63) is 11.7 Å². The Morgan fingerprint density at radius 3 is 2.75 bits per heavy atom. The minimum Gasteiger partial charge on any atom is -0.381 e. The van der Waals surface area contributed by atoms with Crippen molar-refractivity contribution >= 4 is 0 Å². The van der Waals surface area contributed by atoms with E-state index in [1.165, 1.54) is 0 Å². The van der Waals surface area contributed by atoms with E-state index >= 15 is 0 Å². The lowest BCUT2D eigenvalue weighted by Gasteiger charge is -2.09. The molecule has 0 saturated carbocycles. The Morgan fingerprint density at radius 2 is 2.19 bits per heavy atom. The van der Waals surface area contributed by atoms with Gasteiger partial charge in [-0.25, -0.2) is 0 Å². The molecule has 5 nitrogen and oxygen atoms in total. The molecule has 2 atom stereocenters. The first kappa shape index (κ1) is 13.1. The van der Waals surface area contributed by atoms with Gasteiger partial charge in [0.15, 0.2) is 5.82 Å². The van der Waals surface area contributed by atoms with Crippen LogP contribution in [0.3, 0.4) is 0 Å². The summed E-state index contributed by atoms with van der Waals surface area (Å²) in [5.41, 5.74) is 0. The van der Waals surface area contributed by atoms with E-state index in [0.717, 1.165) is 18.7 Å². The molecule has 0 aromatic carbocycles. The van der Waals surface area contributed by atoms with Crippen molar-refractivity contribution in [3.8, 4) is 0 Å². The highest BCUT2D eigenvalue weighted by molar-refractivity contribution is 4.90. The zero-order valence-corrected chi connectivity index (χ0v) is 10.5. The summed E-state index contributed by atoms with van der Waals surface area (Å²) in [6.07, 6.45) is 2.64. The van der Waals surface area contributed by atoms with Crippen LogP contribution < -0.4 is 5.32 Å². The van der Waals surface area contributed by atoms with Crippen molar-refractivity contribution < 1.29 is 9.26 Å². The Hall–Kier alpha value is -0.940. The van der Waals surface area contributed by atoms with E-state index in [2.05, 4.69) is 22.4 Å². The molecule has 0 aliphatic heterocycles. The van der Waals surface area contributed by atoms with Gasteiger partial charge >= 0.3 is 0 Å². The Morgan fingerprint density at radius 1 is 1.44 bits per heavy atom. The number of nitrogens with zero attached hydrogens (tertiary/aromatic N) is 2. The van der Waals surface area contributed by atoms with E-state index < -0.39 is 0 Å². The molecule has 2 unspecified atom stereocenters. The lowest BCUT2D eigenvalue weighted by atomic mass is 10.1. The summed E-state index contributed by atoms with van der Waals surface area (Å²) in [5.74, 6) is 1.41. The van der Waals surface area contributed by atoms with Gasteiger partial charge in [-0.1, -0.05) is 12.1 Å². The van der Waals surface area contributed by atoms with Crippen molar-refractivity contribution in [1.29, 1.82) is 0 Å². The first-order chi connectivity index (χ1) is 7.69. The number of methoxy groups -OCH3 is 1. The van der Waals surface area contributed by atoms with Crippen LogP contribution in [0.4, 0.5) is 0 Å². The second-order valence-corrected chi connectivity index (χ2v) is 3.95. The van der Waals surface area contributed by atoms with Crippen LogP contribution in [0.2, 0.25) is 0 Å². The number of nitrogens with one attached hydrogen (secondary N) is 1. The van der Waals surface area contributed by atoms with Gasteiger partial charge in [0, 0.05) is 26.0 Å². The lowest BCUT2D eigenvalue weighted by Crippen LogP contribution is -2.26. The van der Waals surface area contributed by atoms with Gasteiger partial charge in [-0.15, -0.1) is 0 Å². The van der Waals surface area contributed by atoms with Gasteiger partial charge in [0.25, 0.3) is 0 Å². The van der Waals surface area contributed by atoms with Crippen LogP contribution in [0.5, 0.6) is 0 Å². The molecule has 1 heterocycles. The summed E-state index contributed by atoms with van der Waals surface area (Å²) in [4.78, 5) is 4.34. The molecule has 0 spiro atoms. The van der Waals surface area contributed by atoms with Gasteiger partial charge in [0.1, 0.15) is 0 Å². The second-order valence-electron chi connectivity index (χ2n) is 3.95. The van der Waals surface area contributed by atoms with E-state index in [4.69, 9.17) is 9.26 Å². The fourth-order valence-corrected chi connectivity index (χ4v) is 1.46. The zero-order chi connectivity index (χ0) is 12.0. The molecule has 0 bridgehead atoms. The first-order valence-electron chi connectivity index (χ1n) is 5.71. The minimum atomic E-state index is 0.122. The highest BCUT2D eigenvalue weighted by Gasteiger charge is 2.13. The average molecular weight is 227 g/mol. The molecule has 0 radical (unpaired) electrons. The van der Waals surface area contributed by atoms with Crippen molar-refractivity contribution in [2.45, 2.75) is 45.3 Å². The number of rotatable bonds is 7. The summed E-state index contributed by atoms with van der Waals surface area (Å²) in [6.45, 7) is 4.12. The molecule has 1 aromatic heterocycles. The van der Waals surface area contributed by atoms with E-state index in [-0.39, 0.29) is 6.10 Å². The summed E-state index contributed by atoms with van der Waals surface area (Å²) in [7, 11) is 3.62.